The van der Waals surface area contributed by atoms with E-state index in [9.17, 15) is 14.7 Å². The molecule has 28 heteroatoms. The molecule has 3 aromatic carbocycles. The Hall–Kier alpha value is -6.82. The Bertz CT molecular complexity index is 5270. The van der Waals surface area contributed by atoms with Crippen molar-refractivity contribution in [3.8, 4) is 39.5 Å². The molecule has 1 aliphatic carbocycles. The molecule has 2 saturated heterocycles. The molecule has 9 heterocycles. The summed E-state index contributed by atoms with van der Waals surface area (Å²) in [6.07, 6.45) is 11.8. The van der Waals surface area contributed by atoms with Crippen molar-refractivity contribution in [1.82, 2.24) is 64.2 Å². The van der Waals surface area contributed by atoms with Gasteiger partial charge in [-0.05, 0) is 149 Å². The fourth-order valence-electron chi connectivity index (χ4n) is 14.7. The van der Waals surface area contributed by atoms with Gasteiger partial charge in [-0.15, -0.1) is 5.60 Å². The number of carbonyl (C=O) groups is 1. The largest absolute Gasteiger partial charge is 1.00 e. The van der Waals surface area contributed by atoms with Gasteiger partial charge in [-0.1, -0.05) is 262 Å². The summed E-state index contributed by atoms with van der Waals surface area (Å²) in [5, 5.41) is 22.4. The molecule has 1 saturated carbocycles. The normalized spacial score (nSPS) is 18.2. The first-order valence-corrected chi connectivity index (χ1v) is 42.5. The molecule has 10 aromatic rings. The van der Waals surface area contributed by atoms with Crippen LogP contribution < -0.4 is 46.1 Å². The van der Waals surface area contributed by atoms with E-state index in [4.69, 9.17) is 109 Å². The minimum Gasteiger partial charge on any atom is -0.850 e. The minimum atomic E-state index is -0.750. The van der Waals surface area contributed by atoms with Gasteiger partial charge in [-0.3, -0.25) is 10.2 Å². The number of fused-ring (bicyclic) bond motifs is 1. The summed E-state index contributed by atoms with van der Waals surface area (Å²) in [5.41, 5.74) is 18.3. The van der Waals surface area contributed by atoms with Gasteiger partial charge in [0.25, 0.3) is 5.91 Å². The number of rotatable bonds is 12. The Morgan fingerprint density at radius 3 is 1.48 bits per heavy atom. The van der Waals surface area contributed by atoms with Gasteiger partial charge in [0.1, 0.15) is 51.8 Å². The van der Waals surface area contributed by atoms with Crippen LogP contribution in [0.1, 0.15) is 229 Å². The second kappa shape index (κ2) is 42.6. The number of amidine groups is 2. The molecule has 2 aliphatic heterocycles. The summed E-state index contributed by atoms with van der Waals surface area (Å²) in [6, 6.07) is 29.7. The monoisotopic (exact) mass is 1750 g/mol. The number of nitrogens with one attached hydrogen (secondary N) is 1. The van der Waals surface area contributed by atoms with Gasteiger partial charge in [0, 0.05) is 58.7 Å². The van der Waals surface area contributed by atoms with Crippen molar-refractivity contribution in [1.29, 1.82) is 5.41 Å². The maximum atomic E-state index is 13.9. The van der Waals surface area contributed by atoms with Crippen LogP contribution >= 0.6 is 92.8 Å². The molecule has 3 fully saturated rings. The molecule has 117 heavy (non-hydrogen) atoms. The number of nitrogen functional groups attached to an aromatic ring is 1. The number of amides is 1. The van der Waals surface area contributed by atoms with Crippen molar-refractivity contribution in [3.05, 3.63) is 217 Å². The van der Waals surface area contributed by atoms with Crippen molar-refractivity contribution in [3.63, 3.8) is 0 Å². The standard InChI is InChI=1S/C29H32Cl3N5O.C29H31Cl2N5O.C20H23Cl2N3.C7H10ClN3.C4H9O.Na/c1-16(2)25-21(27(31)34-15-33-25)13-24(38)35-29(37-14-17(3)10-11-19(37)5)22-12-23(30)26(36-28(22)32)20-9-7-6-8-18(20)4;1-15(2)23-26(27(31)33-14-32-23)36-28-21(13-22(30)25(34-28)19-9-7-6-8-17(19)4)24(35-29(36)37)20-12-16(3)10-11-18(20)5;1-12-8-9-14(3)25(11-12)20(23)16-10-17(21)18(24-19(16)22)15-7-5-4-6-13(15)2;1-4(2)6-5(9)7(8)11-3-10-6;1-4(2,3)5;/h6-9,12,15-17,19H,10-11,13-14H2,1-5H3;6-9,13-16,18,20H,10-12H2,1-5H3;4-7,10,12,14,23H,8-9,11H2,1-3H3;3-4H,9H2,1-2H3;1-3H3;/q;;;;-1;+1/t17-,19-;16-,18-,20?;12-,14-;;;/m000.../s1. The molecular weight excluding hydrogens is 1650 g/mol. The molecule has 7 atom stereocenters. The number of likely N-dealkylation sites (tertiary alicyclic amines) is 2. The maximum absolute atomic E-state index is 13.9. The number of aromatic nitrogens is 11. The number of pyridine rings is 3. The van der Waals surface area contributed by atoms with Crippen LogP contribution in [-0.2, 0) is 11.2 Å². The van der Waals surface area contributed by atoms with E-state index < -0.39 is 11.3 Å². The van der Waals surface area contributed by atoms with Gasteiger partial charge in [-0.25, -0.2) is 54.2 Å². The van der Waals surface area contributed by atoms with Gasteiger partial charge >= 0.3 is 35.2 Å². The van der Waals surface area contributed by atoms with Crippen LogP contribution in [0.2, 0.25) is 40.8 Å². The number of hydrogen-bond donors (Lipinski definition) is 2. The number of piperidine rings is 2. The molecule has 1 amide bonds. The van der Waals surface area contributed by atoms with Crippen molar-refractivity contribution in [2.75, 3.05) is 18.8 Å². The smallest absolute Gasteiger partial charge is 0.850 e. The van der Waals surface area contributed by atoms with E-state index in [2.05, 4.69) is 101 Å². The summed E-state index contributed by atoms with van der Waals surface area (Å²) in [4.78, 5) is 80.1. The quantitative estimate of drug-likeness (QED) is 0.0379. The Balaban J connectivity index is 0.000000202. The van der Waals surface area contributed by atoms with Crippen LogP contribution in [0.25, 0.3) is 50.5 Å². The third-order valence-corrected chi connectivity index (χ3v) is 23.4. The zero-order valence-electron chi connectivity index (χ0n) is 70.3. The van der Waals surface area contributed by atoms with Crippen molar-refractivity contribution in [2.45, 2.75) is 217 Å². The molecule has 0 bridgehead atoms. The summed E-state index contributed by atoms with van der Waals surface area (Å²) >= 11 is 52.2. The minimum absolute atomic E-state index is 0. The van der Waals surface area contributed by atoms with Crippen LogP contribution in [0, 0.1) is 49.9 Å². The third-order valence-electron chi connectivity index (χ3n) is 21.0. The molecule has 3 N–H and O–H groups in total. The number of carbonyl (C=O) groups excluding carboxylic acids is 1. The summed E-state index contributed by atoms with van der Waals surface area (Å²) in [6.45, 7) is 37.8. The van der Waals surface area contributed by atoms with Crippen LogP contribution in [0.3, 0.4) is 0 Å². The molecule has 616 valence electrons. The predicted molar refractivity (Wildman–Crippen MR) is 476 cm³/mol. The summed E-state index contributed by atoms with van der Waals surface area (Å²) in [7, 11) is 0. The van der Waals surface area contributed by atoms with Gasteiger partial charge in [-0.2, -0.15) is 9.98 Å². The van der Waals surface area contributed by atoms with E-state index in [0.717, 1.165) is 101 Å². The Morgan fingerprint density at radius 1 is 0.547 bits per heavy atom. The maximum Gasteiger partial charge on any atom is 1.00 e. The molecule has 1 unspecified atom stereocenters. The zero-order chi connectivity index (χ0) is 85.1. The van der Waals surface area contributed by atoms with Crippen molar-refractivity contribution in [2.24, 2.45) is 28.7 Å². The number of nitrogens with two attached hydrogens (primary N) is 1. The number of aliphatic imine (C=N–C) groups is 1. The number of hydrogen-bond acceptors (Lipinski definition) is 15. The summed E-state index contributed by atoms with van der Waals surface area (Å²) < 4.78 is 1.48. The number of nitrogens with zero attached hydrogens (tertiary/aromatic N) is 14. The second-order valence-corrected chi connectivity index (χ2v) is 35.8. The first-order chi connectivity index (χ1) is 54.7. The second-order valence-electron chi connectivity index (χ2n) is 32.8. The predicted octanol–water partition coefficient (Wildman–Crippen LogP) is 19.9. The van der Waals surface area contributed by atoms with Crippen LogP contribution in [0.15, 0.2) is 120 Å². The van der Waals surface area contributed by atoms with Crippen LogP contribution in [-0.4, -0.2) is 113 Å². The fourth-order valence-corrected chi connectivity index (χ4v) is 16.5. The van der Waals surface area contributed by atoms with Gasteiger partial charge in [0.05, 0.1) is 78.2 Å². The van der Waals surface area contributed by atoms with Crippen molar-refractivity contribution >= 4 is 127 Å². The van der Waals surface area contributed by atoms with E-state index in [1.54, 1.807) is 32.9 Å². The fraction of sp³-hybridized carbons (Fsp3) is 0.438. The molecule has 3 aliphatic rings. The summed E-state index contributed by atoms with van der Waals surface area (Å²) in [5.74, 6) is 2.99. The van der Waals surface area contributed by atoms with E-state index in [-0.39, 0.29) is 87.1 Å². The van der Waals surface area contributed by atoms with E-state index >= 15 is 0 Å². The molecule has 19 nitrogen and oxygen atoms in total. The van der Waals surface area contributed by atoms with Crippen LogP contribution in [0.5, 0.6) is 0 Å². The van der Waals surface area contributed by atoms with Gasteiger partial charge < -0.3 is 20.6 Å². The number of halogens is 8. The average Bonchev–Trinajstić information content (AvgIpc) is 0.737. The van der Waals surface area contributed by atoms with Crippen molar-refractivity contribution < 1.29 is 39.5 Å². The van der Waals surface area contributed by atoms with Gasteiger partial charge in [0.15, 0.2) is 16.0 Å². The van der Waals surface area contributed by atoms with Gasteiger partial charge in [0.2, 0.25) is 0 Å². The Labute approximate surface area is 751 Å². The van der Waals surface area contributed by atoms with Crippen LogP contribution in [0.4, 0.5) is 5.69 Å². The SMILES string of the molecule is CC(C)(C)[O-].CC(C)c1ncnc(Cl)c1N.Cc1ccccc1-c1nc(Cl)c(C(=N)N2C[C@@H](C)CC[C@@H]2C)cc1Cl.Cc1ccccc1-c1nc(Cl)c(C(=NC(=O)Cc2c(Cl)ncnc2C(C)C)N2C[C@@H](C)CC[C@@H]2C)cc1Cl.Cc1ccccc1-c1nc2c(cc1Cl)c(C1C[C@@H](C)CC[C@@H]1C)nc(=O)n2-c1c(Cl)ncnc1C(C)C.[Na+]. The first-order valence-electron chi connectivity index (χ1n) is 39.5. The first kappa shape index (κ1) is 95.6. The Kier molecular flexibility index (Phi) is 34.8. The molecule has 0 spiro atoms. The Morgan fingerprint density at radius 2 is 0.974 bits per heavy atom. The zero-order valence-corrected chi connectivity index (χ0v) is 78.4. The molecule has 7 aromatic heterocycles. The third kappa shape index (κ3) is 24.3. The number of anilines is 1. The molecular formula is C89H105Cl8N16NaO3. The molecule has 13 rings (SSSR count). The molecule has 0 radical (unpaired) electrons. The average molecular weight is 1750 g/mol. The van der Waals surface area contributed by atoms with E-state index in [0.29, 0.717) is 123 Å². The van der Waals surface area contributed by atoms with E-state index in [1.165, 1.54) is 36.4 Å². The number of aryl methyl sites for hydroxylation is 3. The number of benzene rings is 3. The van der Waals surface area contributed by atoms with E-state index in [1.807, 2.05) is 141 Å². The topological polar surface area (TPSA) is 260 Å².